The lowest BCUT2D eigenvalue weighted by atomic mass is 9.72. The maximum Gasteiger partial charge on any atom is -0.00877 e. The van der Waals surface area contributed by atoms with Crippen molar-refractivity contribution < 1.29 is 0 Å². The van der Waals surface area contributed by atoms with Gasteiger partial charge in [0.2, 0.25) is 0 Å². The van der Waals surface area contributed by atoms with Gasteiger partial charge in [-0.15, -0.1) is 0 Å². The first-order chi connectivity index (χ1) is 14.6. The zero-order valence-electron chi connectivity index (χ0n) is 23.7. The predicted octanol–water partition coefficient (Wildman–Crippen LogP) is 9.96. The molecule has 0 saturated heterocycles. The van der Waals surface area contributed by atoms with E-state index in [1.807, 2.05) is 0 Å². The molecule has 10 atom stereocenters. The van der Waals surface area contributed by atoms with Crippen molar-refractivity contribution in [3.05, 3.63) is 24.3 Å². The van der Waals surface area contributed by atoms with Gasteiger partial charge in [-0.1, -0.05) is 93.5 Å². The molecule has 0 N–H and O–H groups in total. The monoisotopic (exact) mass is 440 g/mol. The molecular formula is C32H56. The van der Waals surface area contributed by atoms with Crippen molar-refractivity contribution in [1.29, 1.82) is 0 Å². The van der Waals surface area contributed by atoms with Gasteiger partial charge in [0.1, 0.15) is 0 Å². The Labute approximate surface area is 202 Å². The average Bonchev–Trinajstić information content (AvgIpc) is 3.57. The topological polar surface area (TPSA) is 0 Å². The third kappa shape index (κ3) is 3.88. The Hall–Kier alpha value is -0.520. The first kappa shape index (κ1) is 26.1. The van der Waals surface area contributed by atoms with Gasteiger partial charge in [0.15, 0.2) is 0 Å². The van der Waals surface area contributed by atoms with Crippen LogP contribution in [0.5, 0.6) is 0 Å². The zero-order chi connectivity index (χ0) is 24.4. The zero-order valence-corrected chi connectivity index (χ0v) is 23.7. The molecule has 1 spiro atoms. The molecule has 0 aromatic rings. The summed E-state index contributed by atoms with van der Waals surface area (Å²) in [5.41, 5.74) is 5.02. The van der Waals surface area contributed by atoms with Crippen LogP contribution >= 0.6 is 0 Å². The summed E-state index contributed by atoms with van der Waals surface area (Å²) in [5, 5.41) is 0. The van der Waals surface area contributed by atoms with Gasteiger partial charge < -0.3 is 0 Å². The Morgan fingerprint density at radius 1 is 1.00 bits per heavy atom. The van der Waals surface area contributed by atoms with E-state index in [4.69, 9.17) is 0 Å². The molecule has 0 heterocycles. The Bertz CT molecular complexity index is 736. The van der Waals surface area contributed by atoms with Gasteiger partial charge in [-0.3, -0.25) is 0 Å². The Balaban J connectivity index is 1.41. The molecule has 3 aliphatic carbocycles. The maximum atomic E-state index is 4.51. The van der Waals surface area contributed by atoms with Crippen molar-refractivity contribution in [2.45, 2.75) is 115 Å². The summed E-state index contributed by atoms with van der Waals surface area (Å²) in [7, 11) is 0. The van der Waals surface area contributed by atoms with Crippen LogP contribution in [0, 0.1) is 63.1 Å². The second kappa shape index (κ2) is 8.30. The highest BCUT2D eigenvalue weighted by atomic mass is 15.1. The van der Waals surface area contributed by atoms with Crippen LogP contribution in [0.3, 0.4) is 0 Å². The fraction of sp³-hybridized carbons (Fsp3) is 0.875. The van der Waals surface area contributed by atoms with Crippen LogP contribution < -0.4 is 0 Å². The summed E-state index contributed by atoms with van der Waals surface area (Å²) in [5.74, 6) is 6.13. The molecule has 0 aromatic carbocycles. The van der Waals surface area contributed by atoms with Crippen LogP contribution in [-0.4, -0.2) is 0 Å². The van der Waals surface area contributed by atoms with E-state index in [1.54, 1.807) is 0 Å². The molecule has 0 aromatic heterocycles. The van der Waals surface area contributed by atoms with E-state index in [9.17, 15) is 0 Å². The first-order valence-electron chi connectivity index (χ1n) is 13.9. The van der Waals surface area contributed by atoms with E-state index < -0.39 is 0 Å². The van der Waals surface area contributed by atoms with Gasteiger partial charge in [-0.2, -0.15) is 0 Å². The lowest BCUT2D eigenvalue weighted by Gasteiger charge is -2.32. The van der Waals surface area contributed by atoms with Crippen LogP contribution in [0.15, 0.2) is 24.3 Å². The summed E-state index contributed by atoms with van der Waals surface area (Å²) in [4.78, 5) is 0. The molecule has 0 aliphatic heterocycles. The smallest absolute Gasteiger partial charge is 0.00877 e. The quantitative estimate of drug-likeness (QED) is 0.265. The highest BCUT2D eigenvalue weighted by Gasteiger charge is 3.02. The molecule has 184 valence electrons. The summed E-state index contributed by atoms with van der Waals surface area (Å²) < 4.78 is 0. The van der Waals surface area contributed by atoms with Crippen molar-refractivity contribution >= 4 is 0 Å². The third-order valence-corrected chi connectivity index (χ3v) is 11.6. The first-order valence-corrected chi connectivity index (χ1v) is 13.9. The molecule has 0 bridgehead atoms. The SMILES string of the molecule is C=C(CCC1C2C1(C)C21C(C)C1C(C)(CC)C(=C)C)CC(C)CC(C)CC(C)C(C)(C)C. The van der Waals surface area contributed by atoms with Gasteiger partial charge in [0.25, 0.3) is 0 Å². The lowest BCUT2D eigenvalue weighted by Crippen LogP contribution is -2.24. The standard InChI is InChI=1S/C32H56/c1-14-30(12,20(2)3)27-25(8)32(27)28-26(31(28,32)13)16-15-21(4)17-22(5)18-23(6)19-24(7)29(9,10)11/h22-28H,2,4,14-19H2,1,3,5-13H3. The molecular weight excluding hydrogens is 384 g/mol. The van der Waals surface area contributed by atoms with E-state index >= 15 is 0 Å². The van der Waals surface area contributed by atoms with Crippen LogP contribution in [0.25, 0.3) is 0 Å². The molecule has 3 rings (SSSR count). The fourth-order valence-electron chi connectivity index (χ4n) is 8.90. The molecule has 10 unspecified atom stereocenters. The van der Waals surface area contributed by atoms with Crippen molar-refractivity contribution in [2.75, 3.05) is 0 Å². The fourth-order valence-corrected chi connectivity index (χ4v) is 8.90. The maximum absolute atomic E-state index is 4.51. The molecule has 0 radical (unpaired) electrons. The Kier molecular flexibility index (Phi) is 6.77. The molecule has 3 aliphatic rings. The van der Waals surface area contributed by atoms with Crippen molar-refractivity contribution in [3.63, 3.8) is 0 Å². The van der Waals surface area contributed by atoms with Crippen molar-refractivity contribution in [3.8, 4) is 0 Å². The minimum Gasteiger partial charge on any atom is -0.0999 e. The normalized spacial score (nSPS) is 39.6. The van der Waals surface area contributed by atoms with Crippen molar-refractivity contribution in [2.24, 2.45) is 63.1 Å². The number of allylic oxidation sites excluding steroid dienone is 2. The minimum atomic E-state index is 0.348. The summed E-state index contributed by atoms with van der Waals surface area (Å²) in [6, 6.07) is 0. The van der Waals surface area contributed by atoms with Gasteiger partial charge in [0, 0.05) is 0 Å². The minimum absolute atomic E-state index is 0.348. The predicted molar refractivity (Wildman–Crippen MR) is 143 cm³/mol. The van der Waals surface area contributed by atoms with Crippen LogP contribution in [-0.2, 0) is 0 Å². The van der Waals surface area contributed by atoms with Crippen LogP contribution in [0.4, 0.5) is 0 Å². The van der Waals surface area contributed by atoms with Gasteiger partial charge in [0.05, 0.1) is 0 Å². The number of hydrogen-bond acceptors (Lipinski definition) is 0. The van der Waals surface area contributed by atoms with E-state index in [0.717, 1.165) is 41.4 Å². The Morgan fingerprint density at radius 2 is 1.56 bits per heavy atom. The molecule has 32 heavy (non-hydrogen) atoms. The van der Waals surface area contributed by atoms with E-state index in [1.165, 1.54) is 49.7 Å². The van der Waals surface area contributed by atoms with Crippen molar-refractivity contribution in [1.82, 2.24) is 0 Å². The average molecular weight is 441 g/mol. The molecule has 3 saturated carbocycles. The highest BCUT2D eigenvalue weighted by Crippen LogP contribution is 3.05. The number of rotatable bonds is 12. The highest BCUT2D eigenvalue weighted by molar-refractivity contribution is 5.49. The van der Waals surface area contributed by atoms with Crippen LogP contribution in [0.2, 0.25) is 0 Å². The summed E-state index contributed by atoms with van der Waals surface area (Å²) in [6.45, 7) is 35.7. The lowest BCUT2D eigenvalue weighted by molar-refractivity contribution is 0.206. The van der Waals surface area contributed by atoms with E-state index in [0.29, 0.717) is 21.7 Å². The summed E-state index contributed by atoms with van der Waals surface area (Å²) in [6.07, 6.45) is 7.83. The van der Waals surface area contributed by atoms with Crippen LogP contribution in [0.1, 0.15) is 115 Å². The Morgan fingerprint density at radius 3 is 2.03 bits per heavy atom. The third-order valence-electron chi connectivity index (χ3n) is 11.6. The van der Waals surface area contributed by atoms with E-state index in [2.05, 4.69) is 89.3 Å². The molecule has 0 amide bonds. The molecule has 3 fully saturated rings. The second-order valence-electron chi connectivity index (χ2n) is 14.6. The number of hydrogen-bond donors (Lipinski definition) is 0. The van der Waals surface area contributed by atoms with Gasteiger partial charge in [-0.05, 0) is 109 Å². The second-order valence-corrected chi connectivity index (χ2v) is 14.6. The largest absolute Gasteiger partial charge is 0.0999 e. The van der Waals surface area contributed by atoms with Gasteiger partial charge >= 0.3 is 0 Å². The molecule has 0 heteroatoms. The number of fused-ring (bicyclic) bond motifs is 3. The molecule has 0 nitrogen and oxygen atoms in total. The van der Waals surface area contributed by atoms with E-state index in [-0.39, 0.29) is 0 Å². The van der Waals surface area contributed by atoms with Gasteiger partial charge in [-0.25, -0.2) is 0 Å². The summed E-state index contributed by atoms with van der Waals surface area (Å²) >= 11 is 0.